The third-order valence-electron chi connectivity index (χ3n) is 2.60. The molecule has 0 spiro atoms. The van der Waals surface area contributed by atoms with Gasteiger partial charge in [-0.15, -0.1) is 0 Å². The van der Waals surface area contributed by atoms with E-state index >= 15 is 0 Å². The first-order valence-corrected chi connectivity index (χ1v) is 4.50. The van der Waals surface area contributed by atoms with Crippen LogP contribution in [0.1, 0.15) is 27.7 Å². The predicted molar refractivity (Wildman–Crippen MR) is 46.7 cm³/mol. The second-order valence-electron chi connectivity index (χ2n) is 3.65. The van der Waals surface area contributed by atoms with Crippen LogP contribution in [-0.4, -0.2) is 36.2 Å². The van der Waals surface area contributed by atoms with Gasteiger partial charge in [-0.2, -0.15) is 0 Å². The van der Waals surface area contributed by atoms with Crippen LogP contribution in [0.5, 0.6) is 0 Å². The Hall–Kier alpha value is -0.0800. The molecule has 1 rings (SSSR count). The van der Waals surface area contributed by atoms with Crippen molar-refractivity contribution < 1.29 is 4.74 Å². The molecule has 66 valence electrons. The lowest BCUT2D eigenvalue weighted by atomic mass is 10.1. The van der Waals surface area contributed by atoms with Gasteiger partial charge in [-0.3, -0.25) is 4.90 Å². The van der Waals surface area contributed by atoms with Gasteiger partial charge in [0, 0.05) is 18.6 Å². The normalized spacial score (nSPS) is 34.6. The molecule has 0 bridgehead atoms. The molecule has 0 unspecified atom stereocenters. The fourth-order valence-electron chi connectivity index (χ4n) is 1.69. The van der Waals surface area contributed by atoms with Crippen LogP contribution in [0.2, 0.25) is 0 Å². The smallest absolute Gasteiger partial charge is 0.0700 e. The zero-order valence-electron chi connectivity index (χ0n) is 8.00. The van der Waals surface area contributed by atoms with Gasteiger partial charge in [-0.25, -0.2) is 0 Å². The first-order chi connectivity index (χ1) is 5.13. The maximum atomic E-state index is 5.53. The second kappa shape index (κ2) is 3.55. The molecule has 2 atom stereocenters. The van der Waals surface area contributed by atoms with E-state index in [-0.39, 0.29) is 0 Å². The molecule has 0 saturated carbocycles. The SMILES string of the molecule is CC(C)N1CCO[C@H](C)[C@@H]1C. The maximum absolute atomic E-state index is 5.53. The molecule has 2 nitrogen and oxygen atoms in total. The van der Waals surface area contributed by atoms with E-state index in [0.717, 1.165) is 13.2 Å². The fourth-order valence-corrected chi connectivity index (χ4v) is 1.69. The number of morpholine rings is 1. The van der Waals surface area contributed by atoms with Crippen LogP contribution >= 0.6 is 0 Å². The van der Waals surface area contributed by atoms with Gasteiger partial charge in [-0.1, -0.05) is 0 Å². The van der Waals surface area contributed by atoms with Crippen molar-refractivity contribution in [1.82, 2.24) is 4.90 Å². The summed E-state index contributed by atoms with van der Waals surface area (Å²) < 4.78 is 5.53. The van der Waals surface area contributed by atoms with E-state index in [1.54, 1.807) is 0 Å². The van der Waals surface area contributed by atoms with E-state index in [4.69, 9.17) is 4.74 Å². The van der Waals surface area contributed by atoms with E-state index in [2.05, 4.69) is 32.6 Å². The molecular formula is C9H19NO. The van der Waals surface area contributed by atoms with E-state index in [0.29, 0.717) is 18.2 Å². The molecule has 2 heteroatoms. The number of hydrogen-bond donors (Lipinski definition) is 0. The first-order valence-electron chi connectivity index (χ1n) is 4.50. The second-order valence-corrected chi connectivity index (χ2v) is 3.65. The summed E-state index contributed by atoms with van der Waals surface area (Å²) >= 11 is 0. The first kappa shape index (κ1) is 9.01. The minimum atomic E-state index is 0.395. The van der Waals surface area contributed by atoms with Gasteiger partial charge in [0.05, 0.1) is 12.7 Å². The maximum Gasteiger partial charge on any atom is 0.0700 e. The summed E-state index contributed by atoms with van der Waals surface area (Å²) in [4.78, 5) is 2.49. The molecule has 1 heterocycles. The van der Waals surface area contributed by atoms with Gasteiger partial charge < -0.3 is 4.74 Å². The van der Waals surface area contributed by atoms with E-state index < -0.39 is 0 Å². The molecule has 1 aliphatic heterocycles. The Morgan fingerprint density at radius 3 is 2.45 bits per heavy atom. The van der Waals surface area contributed by atoms with Gasteiger partial charge >= 0.3 is 0 Å². The van der Waals surface area contributed by atoms with Crippen molar-refractivity contribution in [2.45, 2.75) is 45.9 Å². The average Bonchev–Trinajstić information content (AvgIpc) is 1.94. The lowest BCUT2D eigenvalue weighted by molar-refractivity contribution is -0.0663. The number of ether oxygens (including phenoxy) is 1. The lowest BCUT2D eigenvalue weighted by Crippen LogP contribution is -2.51. The van der Waals surface area contributed by atoms with Crippen molar-refractivity contribution in [3.05, 3.63) is 0 Å². The Bertz CT molecular complexity index is 125. The highest BCUT2D eigenvalue weighted by atomic mass is 16.5. The van der Waals surface area contributed by atoms with Gasteiger partial charge in [0.2, 0.25) is 0 Å². The van der Waals surface area contributed by atoms with Crippen molar-refractivity contribution in [2.75, 3.05) is 13.2 Å². The average molecular weight is 157 g/mol. The molecule has 11 heavy (non-hydrogen) atoms. The molecule has 0 aromatic heterocycles. The van der Waals surface area contributed by atoms with Crippen LogP contribution in [0.3, 0.4) is 0 Å². The van der Waals surface area contributed by atoms with Crippen molar-refractivity contribution in [2.24, 2.45) is 0 Å². The quantitative estimate of drug-likeness (QED) is 0.572. The zero-order valence-corrected chi connectivity index (χ0v) is 8.00. The Kier molecular flexibility index (Phi) is 2.90. The molecule has 0 radical (unpaired) electrons. The van der Waals surface area contributed by atoms with Crippen LogP contribution in [0.4, 0.5) is 0 Å². The lowest BCUT2D eigenvalue weighted by Gasteiger charge is -2.40. The minimum Gasteiger partial charge on any atom is -0.376 e. The molecule has 1 saturated heterocycles. The molecule has 1 aliphatic rings. The van der Waals surface area contributed by atoms with E-state index in [1.165, 1.54) is 0 Å². The van der Waals surface area contributed by atoms with Crippen LogP contribution in [0.25, 0.3) is 0 Å². The molecule has 0 aromatic rings. The highest BCUT2D eigenvalue weighted by molar-refractivity contribution is 4.79. The monoisotopic (exact) mass is 157 g/mol. The highest BCUT2D eigenvalue weighted by Gasteiger charge is 2.26. The Labute approximate surface area is 69.5 Å². The topological polar surface area (TPSA) is 12.5 Å². The largest absolute Gasteiger partial charge is 0.376 e. The number of nitrogens with zero attached hydrogens (tertiary/aromatic N) is 1. The molecule has 0 N–H and O–H groups in total. The zero-order chi connectivity index (χ0) is 8.43. The highest BCUT2D eigenvalue weighted by Crippen LogP contribution is 2.15. The summed E-state index contributed by atoms with van der Waals surface area (Å²) in [6, 6.07) is 1.22. The Morgan fingerprint density at radius 2 is 2.00 bits per heavy atom. The van der Waals surface area contributed by atoms with E-state index in [9.17, 15) is 0 Å². The Morgan fingerprint density at radius 1 is 1.36 bits per heavy atom. The van der Waals surface area contributed by atoms with Gasteiger partial charge in [0.15, 0.2) is 0 Å². The third-order valence-corrected chi connectivity index (χ3v) is 2.60. The van der Waals surface area contributed by atoms with Gasteiger partial charge in [-0.05, 0) is 27.7 Å². The number of rotatable bonds is 1. The summed E-state index contributed by atoms with van der Waals surface area (Å²) in [5.41, 5.74) is 0. The number of hydrogen-bond acceptors (Lipinski definition) is 2. The summed E-state index contributed by atoms with van der Waals surface area (Å²) in [7, 11) is 0. The molecule has 0 amide bonds. The van der Waals surface area contributed by atoms with Crippen molar-refractivity contribution in [3.8, 4) is 0 Å². The third kappa shape index (κ3) is 1.94. The van der Waals surface area contributed by atoms with Crippen LogP contribution in [0.15, 0.2) is 0 Å². The summed E-state index contributed by atoms with van der Waals surface area (Å²) in [6.45, 7) is 10.9. The summed E-state index contributed by atoms with van der Waals surface area (Å²) in [6.07, 6.45) is 0.395. The minimum absolute atomic E-state index is 0.395. The fraction of sp³-hybridized carbons (Fsp3) is 1.00. The van der Waals surface area contributed by atoms with Crippen molar-refractivity contribution in [1.29, 1.82) is 0 Å². The molecular weight excluding hydrogens is 138 g/mol. The molecule has 0 aromatic carbocycles. The standard InChI is InChI=1S/C9H19NO/c1-7(2)10-5-6-11-9(4)8(10)3/h7-9H,5-6H2,1-4H3/t8-,9+/m0/s1. The van der Waals surface area contributed by atoms with Crippen LogP contribution in [-0.2, 0) is 4.74 Å². The molecule has 0 aliphatic carbocycles. The predicted octanol–water partition coefficient (Wildman–Crippen LogP) is 1.50. The van der Waals surface area contributed by atoms with Gasteiger partial charge in [0.25, 0.3) is 0 Å². The van der Waals surface area contributed by atoms with Gasteiger partial charge in [0.1, 0.15) is 0 Å². The Balaban J connectivity index is 2.51. The summed E-state index contributed by atoms with van der Waals surface area (Å²) in [5.74, 6) is 0. The molecule has 1 fully saturated rings. The van der Waals surface area contributed by atoms with Crippen molar-refractivity contribution in [3.63, 3.8) is 0 Å². The van der Waals surface area contributed by atoms with Crippen LogP contribution in [0, 0.1) is 0 Å². The summed E-state index contributed by atoms with van der Waals surface area (Å²) in [5, 5.41) is 0. The van der Waals surface area contributed by atoms with E-state index in [1.807, 2.05) is 0 Å². The van der Waals surface area contributed by atoms with Crippen LogP contribution < -0.4 is 0 Å². The van der Waals surface area contributed by atoms with Crippen molar-refractivity contribution >= 4 is 0 Å².